The van der Waals surface area contributed by atoms with Gasteiger partial charge in [-0.15, -0.1) is 0 Å². The number of hydrogen-bond donors (Lipinski definition) is 2. The molecule has 19 heavy (non-hydrogen) atoms. The molecule has 1 aromatic rings. The summed E-state index contributed by atoms with van der Waals surface area (Å²) in [5.41, 5.74) is 0.988. The largest absolute Gasteiger partial charge is 0.497 e. The number of nitrogens with zero attached hydrogens (tertiary/aromatic N) is 1. The van der Waals surface area contributed by atoms with Gasteiger partial charge in [0.05, 0.1) is 26.4 Å². The number of anilines is 1. The topological polar surface area (TPSA) is 54.0 Å². The molecule has 2 rings (SSSR count). The Kier molecular flexibility index (Phi) is 5.44. The van der Waals surface area contributed by atoms with Crippen LogP contribution in [0.1, 0.15) is 0 Å². The van der Waals surface area contributed by atoms with E-state index >= 15 is 0 Å². The first-order valence-electron chi connectivity index (χ1n) is 6.64. The highest BCUT2D eigenvalue weighted by Crippen LogP contribution is 2.14. The van der Waals surface area contributed by atoms with Gasteiger partial charge in [0.1, 0.15) is 5.75 Å². The maximum Gasteiger partial charge on any atom is 0.119 e. The summed E-state index contributed by atoms with van der Waals surface area (Å²) in [6.07, 6.45) is -0.375. The van der Waals surface area contributed by atoms with Crippen LogP contribution in [0.15, 0.2) is 24.3 Å². The number of aliphatic hydroxyl groups excluding tert-OH is 1. The van der Waals surface area contributed by atoms with Crippen molar-refractivity contribution in [2.24, 2.45) is 0 Å². The zero-order chi connectivity index (χ0) is 13.5. The standard InChI is InChI=1S/C14H22N2O3/c1-18-14-4-2-12(3-5-14)15-10-13(17)11-16-6-8-19-9-7-16/h2-5,13,15,17H,6-11H2,1H3/t13-/m0/s1. The van der Waals surface area contributed by atoms with Gasteiger partial charge in [-0.3, -0.25) is 4.90 Å². The zero-order valence-electron chi connectivity index (χ0n) is 11.3. The molecule has 1 aliphatic rings. The van der Waals surface area contributed by atoms with Gasteiger partial charge in [-0.2, -0.15) is 0 Å². The lowest BCUT2D eigenvalue weighted by Crippen LogP contribution is -2.42. The first kappa shape index (κ1) is 14.1. The third kappa shape index (κ3) is 4.70. The molecule has 5 heteroatoms. The van der Waals surface area contributed by atoms with Gasteiger partial charge in [0, 0.05) is 31.9 Å². The highest BCUT2D eigenvalue weighted by molar-refractivity contribution is 5.46. The van der Waals surface area contributed by atoms with E-state index in [0.717, 1.165) is 37.7 Å². The molecule has 2 N–H and O–H groups in total. The third-order valence-electron chi connectivity index (χ3n) is 3.20. The number of morpholine rings is 1. The fourth-order valence-electron chi connectivity index (χ4n) is 2.09. The summed E-state index contributed by atoms with van der Waals surface area (Å²) in [6.45, 7) is 4.56. The van der Waals surface area contributed by atoms with E-state index in [1.54, 1.807) is 7.11 Å². The van der Waals surface area contributed by atoms with Crippen molar-refractivity contribution in [3.63, 3.8) is 0 Å². The molecule has 1 aliphatic heterocycles. The van der Waals surface area contributed by atoms with E-state index in [1.165, 1.54) is 0 Å². The van der Waals surface area contributed by atoms with Gasteiger partial charge < -0.3 is 19.9 Å². The van der Waals surface area contributed by atoms with Gasteiger partial charge in [-0.05, 0) is 24.3 Å². The minimum absolute atomic E-state index is 0.375. The summed E-state index contributed by atoms with van der Waals surface area (Å²) in [5, 5.41) is 13.2. The van der Waals surface area contributed by atoms with E-state index in [4.69, 9.17) is 9.47 Å². The number of β-amino-alcohol motifs (C(OH)–C–C–N with tert-alkyl or cyclic N) is 1. The number of ether oxygens (including phenoxy) is 2. The number of benzene rings is 1. The van der Waals surface area contributed by atoms with Crippen molar-refractivity contribution in [3.8, 4) is 5.75 Å². The summed E-state index contributed by atoms with van der Waals surface area (Å²) < 4.78 is 10.4. The normalized spacial score (nSPS) is 18.0. The Morgan fingerprint density at radius 1 is 1.32 bits per heavy atom. The minimum atomic E-state index is -0.375. The molecule has 1 atom stereocenters. The predicted octanol–water partition coefficient (Wildman–Crippen LogP) is 0.800. The third-order valence-corrected chi connectivity index (χ3v) is 3.20. The van der Waals surface area contributed by atoms with E-state index in [1.807, 2.05) is 24.3 Å². The van der Waals surface area contributed by atoms with Crippen LogP contribution < -0.4 is 10.1 Å². The van der Waals surface area contributed by atoms with E-state index in [-0.39, 0.29) is 6.10 Å². The second-order valence-electron chi connectivity index (χ2n) is 4.68. The van der Waals surface area contributed by atoms with Crippen LogP contribution in [0.3, 0.4) is 0 Å². The molecule has 1 saturated heterocycles. The second-order valence-corrected chi connectivity index (χ2v) is 4.68. The lowest BCUT2D eigenvalue weighted by atomic mass is 10.2. The maximum atomic E-state index is 9.99. The van der Waals surface area contributed by atoms with Crippen LogP contribution in [0.4, 0.5) is 5.69 Å². The first-order chi connectivity index (χ1) is 9.28. The highest BCUT2D eigenvalue weighted by Gasteiger charge is 2.14. The zero-order valence-corrected chi connectivity index (χ0v) is 11.3. The number of hydrogen-bond acceptors (Lipinski definition) is 5. The molecule has 0 spiro atoms. The Morgan fingerprint density at radius 3 is 2.63 bits per heavy atom. The van der Waals surface area contributed by atoms with Gasteiger partial charge in [0.15, 0.2) is 0 Å². The Morgan fingerprint density at radius 2 is 2.00 bits per heavy atom. The summed E-state index contributed by atoms with van der Waals surface area (Å²) in [6, 6.07) is 7.69. The van der Waals surface area contributed by atoms with E-state index in [9.17, 15) is 5.11 Å². The molecular weight excluding hydrogens is 244 g/mol. The van der Waals surface area contributed by atoms with Crippen molar-refractivity contribution in [2.45, 2.75) is 6.10 Å². The molecule has 0 bridgehead atoms. The lowest BCUT2D eigenvalue weighted by molar-refractivity contribution is 0.0171. The van der Waals surface area contributed by atoms with Gasteiger partial charge in [0.25, 0.3) is 0 Å². The summed E-state index contributed by atoms with van der Waals surface area (Å²) in [4.78, 5) is 2.23. The van der Waals surface area contributed by atoms with Crippen LogP contribution in [0.5, 0.6) is 5.75 Å². The van der Waals surface area contributed by atoms with Crippen LogP contribution in [-0.2, 0) is 4.74 Å². The second kappa shape index (κ2) is 7.33. The first-order valence-corrected chi connectivity index (χ1v) is 6.64. The van der Waals surface area contributed by atoms with Gasteiger partial charge in [-0.1, -0.05) is 0 Å². The van der Waals surface area contributed by atoms with Crippen LogP contribution in [0.2, 0.25) is 0 Å². The summed E-state index contributed by atoms with van der Waals surface area (Å²) >= 11 is 0. The Hall–Kier alpha value is -1.30. The highest BCUT2D eigenvalue weighted by atomic mass is 16.5. The Labute approximate surface area is 114 Å². The SMILES string of the molecule is COc1ccc(NC[C@H](O)CN2CCOCC2)cc1. The summed E-state index contributed by atoms with van der Waals surface area (Å²) in [7, 11) is 1.65. The molecular formula is C14H22N2O3. The molecule has 1 heterocycles. The Balaban J connectivity index is 1.71. The molecule has 106 valence electrons. The van der Waals surface area contributed by atoms with Crippen LogP contribution >= 0.6 is 0 Å². The van der Waals surface area contributed by atoms with Gasteiger partial charge >= 0.3 is 0 Å². The van der Waals surface area contributed by atoms with Crippen molar-refractivity contribution < 1.29 is 14.6 Å². The molecule has 0 aliphatic carbocycles. The average Bonchev–Trinajstić information content (AvgIpc) is 2.47. The number of rotatable bonds is 6. The molecule has 0 amide bonds. The van der Waals surface area contributed by atoms with E-state index in [0.29, 0.717) is 13.1 Å². The van der Waals surface area contributed by atoms with E-state index in [2.05, 4.69) is 10.2 Å². The van der Waals surface area contributed by atoms with Crippen molar-refractivity contribution in [2.75, 3.05) is 51.8 Å². The van der Waals surface area contributed by atoms with Crippen molar-refractivity contribution in [1.82, 2.24) is 4.90 Å². The molecule has 5 nitrogen and oxygen atoms in total. The average molecular weight is 266 g/mol. The molecule has 0 unspecified atom stereocenters. The van der Waals surface area contributed by atoms with Crippen molar-refractivity contribution in [1.29, 1.82) is 0 Å². The lowest BCUT2D eigenvalue weighted by Gasteiger charge is -2.28. The predicted molar refractivity (Wildman–Crippen MR) is 74.7 cm³/mol. The smallest absolute Gasteiger partial charge is 0.119 e. The maximum absolute atomic E-state index is 9.99. The summed E-state index contributed by atoms with van der Waals surface area (Å²) in [5.74, 6) is 0.833. The van der Waals surface area contributed by atoms with Crippen molar-refractivity contribution >= 4 is 5.69 Å². The molecule has 0 radical (unpaired) electrons. The fourth-order valence-corrected chi connectivity index (χ4v) is 2.09. The quantitative estimate of drug-likeness (QED) is 0.797. The Bertz CT molecular complexity index is 363. The number of nitrogens with one attached hydrogen (secondary N) is 1. The monoisotopic (exact) mass is 266 g/mol. The van der Waals surface area contributed by atoms with Crippen LogP contribution in [0.25, 0.3) is 0 Å². The van der Waals surface area contributed by atoms with Crippen LogP contribution in [0, 0.1) is 0 Å². The fraction of sp³-hybridized carbons (Fsp3) is 0.571. The number of aliphatic hydroxyl groups is 1. The van der Waals surface area contributed by atoms with Gasteiger partial charge in [-0.25, -0.2) is 0 Å². The molecule has 0 aromatic heterocycles. The molecule has 1 fully saturated rings. The molecule has 0 saturated carbocycles. The minimum Gasteiger partial charge on any atom is -0.497 e. The molecule has 1 aromatic carbocycles. The van der Waals surface area contributed by atoms with Gasteiger partial charge in [0.2, 0.25) is 0 Å². The number of methoxy groups -OCH3 is 1. The van der Waals surface area contributed by atoms with E-state index < -0.39 is 0 Å². The van der Waals surface area contributed by atoms with Crippen molar-refractivity contribution in [3.05, 3.63) is 24.3 Å². The van der Waals surface area contributed by atoms with Crippen LogP contribution in [-0.4, -0.2) is 62.6 Å².